The highest BCUT2D eigenvalue weighted by Gasteiger charge is 2.46. The Labute approximate surface area is 160 Å². The minimum Gasteiger partial charge on any atom is -0.444 e. The van der Waals surface area contributed by atoms with Crippen molar-refractivity contribution >= 4 is 23.8 Å². The summed E-state index contributed by atoms with van der Waals surface area (Å²) in [4.78, 5) is 22.7. The second-order valence-electron chi connectivity index (χ2n) is 8.35. The van der Waals surface area contributed by atoms with E-state index < -0.39 is 5.60 Å². The second kappa shape index (κ2) is 7.10. The van der Waals surface area contributed by atoms with E-state index in [1.807, 2.05) is 62.9 Å². The van der Waals surface area contributed by atoms with Crippen LogP contribution in [0.3, 0.4) is 0 Å². The van der Waals surface area contributed by atoms with Gasteiger partial charge >= 0.3 is 6.09 Å². The van der Waals surface area contributed by atoms with Crippen molar-refractivity contribution in [3.63, 3.8) is 0 Å². The van der Waals surface area contributed by atoms with Crippen molar-refractivity contribution in [2.45, 2.75) is 44.9 Å². The average molecular weight is 369 g/mol. The second-order valence-corrected chi connectivity index (χ2v) is 8.35. The number of rotatable bonds is 3. The van der Waals surface area contributed by atoms with Crippen molar-refractivity contribution in [3.05, 3.63) is 23.8 Å². The molecule has 7 nitrogen and oxygen atoms in total. The number of ether oxygens (including phenoxy) is 1. The Balaban J connectivity index is 1.72. The fourth-order valence-electron chi connectivity index (χ4n) is 3.61. The van der Waals surface area contributed by atoms with Crippen LogP contribution in [0.1, 0.15) is 32.8 Å². The van der Waals surface area contributed by atoms with E-state index in [4.69, 9.17) is 4.74 Å². The first kappa shape index (κ1) is 19.0. The highest BCUT2D eigenvalue weighted by molar-refractivity contribution is 5.72. The largest absolute Gasteiger partial charge is 0.444 e. The Morgan fingerprint density at radius 2 is 2.07 bits per heavy atom. The number of fused-ring (bicyclic) bond motifs is 2. The first-order valence-corrected chi connectivity index (χ1v) is 9.19. The molecule has 2 fully saturated rings. The predicted molar refractivity (Wildman–Crippen MR) is 105 cm³/mol. The summed E-state index contributed by atoms with van der Waals surface area (Å²) in [6, 6.07) is 8.42. The molecule has 144 valence electrons. The number of aliphatic imine (C=N–C) groups is 1. The molecule has 0 radical (unpaired) electrons. The molecule has 3 rings (SSSR count). The third-order valence-corrected chi connectivity index (χ3v) is 4.73. The van der Waals surface area contributed by atoms with E-state index in [1.165, 1.54) is 0 Å². The van der Waals surface area contributed by atoms with Crippen LogP contribution < -0.4 is 4.90 Å². The molecule has 1 aromatic rings. The minimum atomic E-state index is -0.483. The molecule has 2 heterocycles. The lowest BCUT2D eigenvalue weighted by Gasteiger charge is -2.36. The highest BCUT2D eigenvalue weighted by atomic mass is 16.6. The number of piperazine rings is 1. The summed E-state index contributed by atoms with van der Waals surface area (Å²) in [5.74, 6) is 0. The summed E-state index contributed by atoms with van der Waals surface area (Å²) < 4.78 is 5.52. The topological polar surface area (TPSA) is 72.2 Å². The zero-order chi connectivity index (χ0) is 19.8. The monoisotopic (exact) mass is 369 g/mol. The Hall–Kier alpha value is -2.75. The smallest absolute Gasteiger partial charge is 0.410 e. The standard InChI is InChI=1S/C20H27N5O2/c1-20(2,3)27-19(26)25-12-16-9-17(25)11-24(16)15-6-7-18(14(8-15)10-21)22-13-23(4)5/h6-8,13,16-17H,9,11-12H2,1-5H3/b22-13+/t16-,17-/m0/s1. The molecular formula is C20H27N5O2. The van der Waals surface area contributed by atoms with Gasteiger partial charge in [-0.3, -0.25) is 0 Å². The molecule has 0 unspecified atom stereocenters. The van der Waals surface area contributed by atoms with E-state index in [-0.39, 0.29) is 18.2 Å². The van der Waals surface area contributed by atoms with Gasteiger partial charge in [-0.2, -0.15) is 5.26 Å². The van der Waals surface area contributed by atoms with Gasteiger partial charge in [0.15, 0.2) is 0 Å². The first-order chi connectivity index (χ1) is 12.7. The third kappa shape index (κ3) is 4.16. The quantitative estimate of drug-likeness (QED) is 0.605. The molecule has 2 bridgehead atoms. The van der Waals surface area contributed by atoms with Crippen LogP contribution in [0, 0.1) is 11.3 Å². The molecule has 0 N–H and O–H groups in total. The van der Waals surface area contributed by atoms with Crippen LogP contribution in [0.15, 0.2) is 23.2 Å². The first-order valence-electron chi connectivity index (χ1n) is 9.19. The van der Waals surface area contributed by atoms with Crippen molar-refractivity contribution in [1.82, 2.24) is 9.80 Å². The summed E-state index contributed by atoms with van der Waals surface area (Å²) in [6.45, 7) is 7.07. The van der Waals surface area contributed by atoms with Gasteiger partial charge in [0.25, 0.3) is 0 Å². The van der Waals surface area contributed by atoms with Crippen molar-refractivity contribution in [1.29, 1.82) is 5.26 Å². The lowest BCUT2D eigenvalue weighted by Crippen LogP contribution is -2.50. The maximum Gasteiger partial charge on any atom is 0.410 e. The van der Waals surface area contributed by atoms with Gasteiger partial charge in [0.1, 0.15) is 11.7 Å². The van der Waals surface area contributed by atoms with E-state index in [1.54, 1.807) is 6.34 Å². The van der Waals surface area contributed by atoms with Crippen molar-refractivity contribution in [2.75, 3.05) is 32.1 Å². The number of carbonyl (C=O) groups excluding carboxylic acids is 1. The number of carbonyl (C=O) groups is 1. The lowest BCUT2D eigenvalue weighted by molar-refractivity contribution is 0.0215. The van der Waals surface area contributed by atoms with Crippen LogP contribution in [-0.2, 0) is 4.74 Å². The van der Waals surface area contributed by atoms with Crippen LogP contribution in [0.4, 0.5) is 16.2 Å². The lowest BCUT2D eigenvalue weighted by atomic mass is 10.1. The van der Waals surface area contributed by atoms with Gasteiger partial charge in [0.2, 0.25) is 0 Å². The maximum absolute atomic E-state index is 12.4. The number of amides is 1. The maximum atomic E-state index is 12.4. The van der Waals surface area contributed by atoms with E-state index in [2.05, 4.69) is 16.0 Å². The van der Waals surface area contributed by atoms with E-state index in [9.17, 15) is 10.1 Å². The molecule has 2 aliphatic heterocycles. The van der Waals surface area contributed by atoms with Crippen LogP contribution in [0.25, 0.3) is 0 Å². The molecule has 27 heavy (non-hydrogen) atoms. The van der Waals surface area contributed by atoms with Gasteiger partial charge in [-0.15, -0.1) is 0 Å². The number of nitrogens with zero attached hydrogens (tertiary/aromatic N) is 5. The molecule has 0 spiro atoms. The Morgan fingerprint density at radius 1 is 1.33 bits per heavy atom. The number of hydrogen-bond donors (Lipinski definition) is 0. The molecule has 0 saturated carbocycles. The summed E-state index contributed by atoms with van der Waals surface area (Å²) in [6.07, 6.45) is 2.38. The Morgan fingerprint density at radius 3 is 2.63 bits per heavy atom. The number of benzene rings is 1. The summed E-state index contributed by atoms with van der Waals surface area (Å²) in [5.41, 5.74) is 1.74. The fourth-order valence-corrected chi connectivity index (χ4v) is 3.61. The van der Waals surface area contributed by atoms with Crippen LogP contribution in [0.2, 0.25) is 0 Å². The summed E-state index contributed by atoms with van der Waals surface area (Å²) in [5, 5.41) is 9.48. The summed E-state index contributed by atoms with van der Waals surface area (Å²) in [7, 11) is 3.78. The van der Waals surface area contributed by atoms with E-state index >= 15 is 0 Å². The van der Waals surface area contributed by atoms with Crippen LogP contribution in [-0.4, -0.2) is 67.1 Å². The van der Waals surface area contributed by atoms with Gasteiger partial charge < -0.3 is 19.4 Å². The van der Waals surface area contributed by atoms with Crippen molar-refractivity contribution < 1.29 is 9.53 Å². The predicted octanol–water partition coefficient (Wildman–Crippen LogP) is 2.98. The fraction of sp³-hybridized carbons (Fsp3) is 0.550. The molecule has 7 heteroatoms. The Bertz CT molecular complexity index is 791. The number of likely N-dealkylation sites (tertiary alicyclic amines) is 1. The number of hydrogen-bond acceptors (Lipinski definition) is 5. The van der Waals surface area contributed by atoms with E-state index in [0.29, 0.717) is 17.8 Å². The van der Waals surface area contributed by atoms with Crippen molar-refractivity contribution in [2.24, 2.45) is 4.99 Å². The van der Waals surface area contributed by atoms with Crippen molar-refractivity contribution in [3.8, 4) is 6.07 Å². The molecule has 2 atom stereocenters. The SMILES string of the molecule is CN(C)/C=N/c1ccc(N2C[C@@H]3C[C@H]2CN3C(=O)OC(C)(C)C)cc1C#N. The molecule has 1 amide bonds. The van der Waals surface area contributed by atoms with E-state index in [0.717, 1.165) is 18.7 Å². The van der Waals surface area contributed by atoms with Crippen LogP contribution >= 0.6 is 0 Å². The van der Waals surface area contributed by atoms with Gasteiger partial charge in [-0.1, -0.05) is 0 Å². The van der Waals surface area contributed by atoms with Gasteiger partial charge in [-0.05, 0) is 45.4 Å². The zero-order valence-electron chi connectivity index (χ0n) is 16.6. The summed E-state index contributed by atoms with van der Waals surface area (Å²) >= 11 is 0. The number of nitriles is 1. The van der Waals surface area contributed by atoms with Gasteiger partial charge in [0.05, 0.1) is 23.6 Å². The third-order valence-electron chi connectivity index (χ3n) is 4.73. The van der Waals surface area contributed by atoms with Gasteiger partial charge in [-0.25, -0.2) is 9.79 Å². The molecule has 2 aliphatic rings. The molecule has 2 saturated heterocycles. The molecule has 1 aromatic carbocycles. The molecule has 0 aliphatic carbocycles. The molecule has 0 aromatic heterocycles. The van der Waals surface area contributed by atoms with Gasteiger partial charge in [0, 0.05) is 38.9 Å². The van der Waals surface area contributed by atoms with Crippen LogP contribution in [0.5, 0.6) is 0 Å². The number of anilines is 1. The Kier molecular flexibility index (Phi) is 5.01. The zero-order valence-corrected chi connectivity index (χ0v) is 16.6. The highest BCUT2D eigenvalue weighted by Crippen LogP contribution is 2.36. The average Bonchev–Trinajstić information content (AvgIpc) is 3.19. The minimum absolute atomic E-state index is 0.154. The normalized spacial score (nSPS) is 21.6. The molecular weight excluding hydrogens is 342 g/mol.